The third-order valence-electron chi connectivity index (χ3n) is 7.43. The number of H-pyrrole nitrogens is 1. The zero-order chi connectivity index (χ0) is 30.7. The van der Waals surface area contributed by atoms with E-state index in [1.165, 1.54) is 13.8 Å². The summed E-state index contributed by atoms with van der Waals surface area (Å²) in [6, 6.07) is 14.2. The molecule has 7 nitrogen and oxygen atoms in total. The third-order valence-corrected chi connectivity index (χ3v) is 7.43. The molecule has 2 aromatic heterocycles. The fraction of sp³-hybridized carbons (Fsp3) is 0.394. The second kappa shape index (κ2) is 12.8. The molecule has 5 rings (SSSR count). The van der Waals surface area contributed by atoms with E-state index in [9.17, 15) is 4.79 Å². The van der Waals surface area contributed by atoms with E-state index >= 15 is 13.2 Å². The Morgan fingerprint density at radius 1 is 1.07 bits per heavy atom. The number of benzene rings is 2. The molecular weight excluding hydrogens is 559 g/mol. The molecule has 0 saturated carbocycles. The highest BCUT2D eigenvalue weighted by atomic mass is 19.1. The molecule has 228 valence electrons. The van der Waals surface area contributed by atoms with Crippen LogP contribution in [-0.2, 0) is 33.9 Å². The Morgan fingerprint density at radius 2 is 1.77 bits per heavy atom. The van der Waals surface area contributed by atoms with Crippen LogP contribution in [0, 0.1) is 11.6 Å². The fourth-order valence-electron chi connectivity index (χ4n) is 5.69. The normalized spacial score (nSPS) is 17.2. The topological polar surface area (TPSA) is 76.7 Å². The molecule has 0 fully saturated rings. The Morgan fingerprint density at radius 3 is 2.47 bits per heavy atom. The number of aromatic nitrogens is 2. The number of ether oxygens (including phenoxy) is 3. The number of halogens is 3. The summed E-state index contributed by atoms with van der Waals surface area (Å²) in [6.07, 6.45) is 0.621. The van der Waals surface area contributed by atoms with Gasteiger partial charge in [0, 0.05) is 46.9 Å². The van der Waals surface area contributed by atoms with Gasteiger partial charge in [0.1, 0.15) is 36.3 Å². The predicted octanol–water partition coefficient (Wildman–Crippen LogP) is 6.58. The molecule has 1 N–H and O–H groups in total. The summed E-state index contributed by atoms with van der Waals surface area (Å²) in [5.41, 5.74) is 1.86. The highest BCUT2D eigenvalue weighted by molar-refractivity contribution is 5.85. The summed E-state index contributed by atoms with van der Waals surface area (Å²) in [6.45, 7) is 6.73. The Labute approximate surface area is 249 Å². The van der Waals surface area contributed by atoms with Crippen molar-refractivity contribution < 1.29 is 32.2 Å². The predicted molar refractivity (Wildman–Crippen MR) is 156 cm³/mol. The number of hydrogen-bond donors (Lipinski definition) is 1. The van der Waals surface area contributed by atoms with Crippen LogP contribution in [0.15, 0.2) is 54.6 Å². The number of alkyl halides is 1. The first-order valence-corrected chi connectivity index (χ1v) is 14.4. The van der Waals surface area contributed by atoms with Crippen molar-refractivity contribution in [3.8, 4) is 5.75 Å². The molecule has 0 spiro atoms. The van der Waals surface area contributed by atoms with Gasteiger partial charge in [-0.25, -0.2) is 18.0 Å². The van der Waals surface area contributed by atoms with Gasteiger partial charge in [-0.2, -0.15) is 0 Å². The molecule has 1 aliphatic heterocycles. The number of carbonyl (C=O) groups excluding carboxylic acids is 1. The second-order valence-corrected chi connectivity index (χ2v) is 11.4. The second-order valence-electron chi connectivity index (χ2n) is 11.4. The highest BCUT2D eigenvalue weighted by Crippen LogP contribution is 2.43. The van der Waals surface area contributed by atoms with Crippen LogP contribution < -0.4 is 4.74 Å². The van der Waals surface area contributed by atoms with Crippen molar-refractivity contribution in [2.75, 3.05) is 19.8 Å². The molecule has 0 saturated heterocycles. The Bertz CT molecular complexity index is 1580. The molecule has 43 heavy (non-hydrogen) atoms. The number of carbonyl (C=O) groups is 1. The quantitative estimate of drug-likeness (QED) is 0.197. The number of pyridine rings is 1. The molecule has 3 heterocycles. The minimum Gasteiger partial charge on any atom is -0.487 e. The number of fused-ring (bicyclic) bond motifs is 3. The molecule has 0 radical (unpaired) electrons. The van der Waals surface area contributed by atoms with Crippen LogP contribution in [0.1, 0.15) is 61.9 Å². The first-order valence-electron chi connectivity index (χ1n) is 14.4. The SMILES string of the molecule is CCOC(=O)COCc1cccc(COc2cc(F)c([C@@H]3c4[nH]c5ccccc5c4C[C@@H](C)N3CC(C)(C)F)c(F)c2)n1. The number of rotatable bonds is 11. The summed E-state index contributed by atoms with van der Waals surface area (Å²) in [4.78, 5) is 21.1. The zero-order valence-corrected chi connectivity index (χ0v) is 24.8. The number of nitrogens with zero attached hydrogens (tertiary/aromatic N) is 2. The van der Waals surface area contributed by atoms with Gasteiger partial charge in [-0.05, 0) is 57.9 Å². The maximum atomic E-state index is 15.9. The average Bonchev–Trinajstić information content (AvgIpc) is 3.31. The number of nitrogens with one attached hydrogen (secondary N) is 1. The maximum Gasteiger partial charge on any atom is 0.332 e. The lowest BCUT2D eigenvalue weighted by atomic mass is 9.87. The van der Waals surface area contributed by atoms with Crippen LogP contribution >= 0.6 is 0 Å². The van der Waals surface area contributed by atoms with Gasteiger partial charge < -0.3 is 19.2 Å². The summed E-state index contributed by atoms with van der Waals surface area (Å²) in [7, 11) is 0. The third kappa shape index (κ3) is 7.02. The van der Waals surface area contributed by atoms with E-state index in [1.807, 2.05) is 36.1 Å². The largest absolute Gasteiger partial charge is 0.487 e. The highest BCUT2D eigenvalue weighted by Gasteiger charge is 2.41. The van der Waals surface area contributed by atoms with Crippen LogP contribution in [0.25, 0.3) is 10.9 Å². The van der Waals surface area contributed by atoms with E-state index in [-0.39, 0.29) is 50.3 Å². The molecule has 4 aromatic rings. The maximum absolute atomic E-state index is 15.9. The van der Waals surface area contributed by atoms with Crippen molar-refractivity contribution in [3.63, 3.8) is 0 Å². The lowest BCUT2D eigenvalue weighted by Crippen LogP contribution is -2.48. The van der Waals surface area contributed by atoms with Gasteiger partial charge in [-0.3, -0.25) is 9.88 Å². The van der Waals surface area contributed by atoms with Crippen LogP contribution in [0.4, 0.5) is 13.2 Å². The van der Waals surface area contributed by atoms with Crippen molar-refractivity contribution in [1.82, 2.24) is 14.9 Å². The van der Waals surface area contributed by atoms with Crippen LogP contribution in [0.3, 0.4) is 0 Å². The van der Waals surface area contributed by atoms with Crippen molar-refractivity contribution >= 4 is 16.9 Å². The van der Waals surface area contributed by atoms with E-state index in [2.05, 4.69) is 9.97 Å². The van der Waals surface area contributed by atoms with Gasteiger partial charge in [0.15, 0.2) is 0 Å². The summed E-state index contributed by atoms with van der Waals surface area (Å²) in [5, 5.41) is 0.996. The van der Waals surface area contributed by atoms with Gasteiger partial charge in [0.2, 0.25) is 0 Å². The van der Waals surface area contributed by atoms with Crippen molar-refractivity contribution in [1.29, 1.82) is 0 Å². The number of esters is 1. The zero-order valence-electron chi connectivity index (χ0n) is 24.8. The van der Waals surface area contributed by atoms with E-state index in [0.717, 1.165) is 28.6 Å². The lowest BCUT2D eigenvalue weighted by Gasteiger charge is -2.43. The molecule has 0 unspecified atom stereocenters. The van der Waals surface area contributed by atoms with Crippen molar-refractivity contribution in [2.24, 2.45) is 0 Å². The van der Waals surface area contributed by atoms with Gasteiger partial charge in [0.25, 0.3) is 0 Å². The minimum atomic E-state index is -1.59. The van der Waals surface area contributed by atoms with E-state index in [4.69, 9.17) is 14.2 Å². The smallest absolute Gasteiger partial charge is 0.332 e. The number of hydrogen-bond acceptors (Lipinski definition) is 6. The fourth-order valence-corrected chi connectivity index (χ4v) is 5.69. The summed E-state index contributed by atoms with van der Waals surface area (Å²) >= 11 is 0. The van der Waals surface area contributed by atoms with E-state index in [0.29, 0.717) is 23.5 Å². The summed E-state index contributed by atoms with van der Waals surface area (Å²) in [5.74, 6) is -2.03. The van der Waals surface area contributed by atoms with Gasteiger partial charge >= 0.3 is 5.97 Å². The molecule has 1 aliphatic rings. The van der Waals surface area contributed by atoms with Crippen molar-refractivity contribution in [3.05, 3.63) is 94.4 Å². The lowest BCUT2D eigenvalue weighted by molar-refractivity contribution is -0.148. The van der Waals surface area contributed by atoms with E-state index < -0.39 is 29.3 Å². The molecule has 2 aromatic carbocycles. The standard InChI is InChI=1S/C33H36F3N3O4/c1-5-42-29(40)18-41-16-21-9-8-10-22(37-21)17-43-23-14-26(34)30(27(35)15-23)32-31-25(24-11-6-7-12-28(24)38-31)13-20(2)39(32)19-33(3,4)36/h6-12,14-15,20,32,38H,5,13,16-19H2,1-4H3/t20-,32-/m1/s1. The Balaban J connectivity index is 1.39. The minimum absolute atomic E-state index is 0.00242. The van der Waals surface area contributed by atoms with Gasteiger partial charge in [0.05, 0.1) is 30.6 Å². The van der Waals surface area contributed by atoms with Crippen molar-refractivity contribution in [2.45, 2.75) is 65.1 Å². The number of para-hydroxylation sites is 1. The monoisotopic (exact) mass is 595 g/mol. The molecule has 2 atom stereocenters. The average molecular weight is 596 g/mol. The molecule has 0 amide bonds. The first-order chi connectivity index (χ1) is 20.5. The first kappa shape index (κ1) is 30.6. The Hall–Kier alpha value is -3.89. The van der Waals surface area contributed by atoms with Crippen LogP contribution in [0.2, 0.25) is 0 Å². The molecular formula is C33H36F3N3O4. The van der Waals surface area contributed by atoms with Crippen LogP contribution in [-0.4, -0.2) is 52.3 Å². The van der Waals surface area contributed by atoms with Gasteiger partial charge in [-0.15, -0.1) is 0 Å². The summed E-state index contributed by atoms with van der Waals surface area (Å²) < 4.78 is 62.7. The molecule has 10 heteroatoms. The molecule has 0 aliphatic carbocycles. The number of aromatic amines is 1. The Kier molecular flexibility index (Phi) is 9.08. The van der Waals surface area contributed by atoms with E-state index in [1.54, 1.807) is 25.1 Å². The van der Waals surface area contributed by atoms with Gasteiger partial charge in [-0.1, -0.05) is 24.3 Å². The molecule has 0 bridgehead atoms. The van der Waals surface area contributed by atoms with Crippen LogP contribution in [0.5, 0.6) is 5.75 Å².